The molecule has 0 fully saturated rings. The van der Waals surface area contributed by atoms with Crippen LogP contribution in [0, 0.1) is 6.92 Å². The number of rotatable bonds is 2. The minimum atomic E-state index is -0.361. The van der Waals surface area contributed by atoms with Crippen LogP contribution in [0.4, 0.5) is 0 Å². The average Bonchev–Trinajstić information content (AvgIpc) is 2.53. The van der Waals surface area contributed by atoms with Crippen LogP contribution >= 0.6 is 0 Å². The number of aryl methyl sites for hydroxylation is 1. The van der Waals surface area contributed by atoms with E-state index in [4.69, 9.17) is 4.74 Å². The van der Waals surface area contributed by atoms with Gasteiger partial charge in [-0.15, -0.1) is 0 Å². The third kappa shape index (κ3) is 3.30. The minimum absolute atomic E-state index is 0.0704. The molecule has 3 heteroatoms. The molecule has 0 radical (unpaired) electrons. The monoisotopic (exact) mass is 319 g/mol. The summed E-state index contributed by atoms with van der Waals surface area (Å²) in [5.41, 5.74) is 3.41. The predicted octanol–water partition coefficient (Wildman–Crippen LogP) is 5.06. The maximum Gasteiger partial charge on any atom is 0.344 e. The summed E-state index contributed by atoms with van der Waals surface area (Å²) in [7, 11) is 0. The highest BCUT2D eigenvalue weighted by Crippen LogP contribution is 2.25. The molecular weight excluding hydrogens is 298 g/mol. The van der Waals surface area contributed by atoms with Crippen molar-refractivity contribution in [1.29, 1.82) is 0 Å². The Labute approximate surface area is 142 Å². The maximum atomic E-state index is 12.6. The van der Waals surface area contributed by atoms with Gasteiger partial charge in [0.15, 0.2) is 0 Å². The zero-order valence-corrected chi connectivity index (χ0v) is 14.5. The number of nitrogens with zero attached hydrogens (tertiary/aromatic N) is 1. The van der Waals surface area contributed by atoms with Crippen molar-refractivity contribution in [3.8, 4) is 5.75 Å². The van der Waals surface area contributed by atoms with Gasteiger partial charge < -0.3 is 4.74 Å². The first-order valence-corrected chi connectivity index (χ1v) is 8.04. The number of carbonyl (C=O) groups excluding carboxylic acids is 1. The zero-order valence-electron chi connectivity index (χ0n) is 14.5. The van der Waals surface area contributed by atoms with Crippen molar-refractivity contribution in [3.63, 3.8) is 0 Å². The van der Waals surface area contributed by atoms with E-state index in [1.54, 1.807) is 6.07 Å². The molecule has 122 valence electrons. The molecular formula is C21H21NO2. The molecule has 3 aromatic rings. The third-order valence-corrected chi connectivity index (χ3v) is 4.00. The van der Waals surface area contributed by atoms with Gasteiger partial charge in [-0.25, -0.2) is 4.79 Å². The lowest BCUT2D eigenvalue weighted by Crippen LogP contribution is -2.12. The summed E-state index contributed by atoms with van der Waals surface area (Å²) < 4.78 is 5.56. The fraction of sp³-hybridized carbons (Fsp3) is 0.238. The Balaban J connectivity index is 1.91. The summed E-state index contributed by atoms with van der Waals surface area (Å²) in [5.74, 6) is 0.187. The van der Waals surface area contributed by atoms with Gasteiger partial charge in [0, 0.05) is 11.1 Å². The van der Waals surface area contributed by atoms with Gasteiger partial charge >= 0.3 is 5.97 Å². The number of hydrogen-bond donors (Lipinski definition) is 0. The van der Waals surface area contributed by atoms with E-state index in [0.29, 0.717) is 11.3 Å². The molecule has 0 unspecified atom stereocenters. The average molecular weight is 319 g/mol. The van der Waals surface area contributed by atoms with Crippen molar-refractivity contribution < 1.29 is 9.53 Å². The molecule has 3 nitrogen and oxygen atoms in total. The Morgan fingerprint density at radius 2 is 1.67 bits per heavy atom. The van der Waals surface area contributed by atoms with Gasteiger partial charge in [-0.2, -0.15) is 0 Å². The van der Waals surface area contributed by atoms with Crippen molar-refractivity contribution in [1.82, 2.24) is 4.98 Å². The molecule has 2 aromatic carbocycles. The Morgan fingerprint density at radius 1 is 1.00 bits per heavy atom. The molecule has 0 aliphatic rings. The maximum absolute atomic E-state index is 12.6. The number of ether oxygens (including phenoxy) is 1. The summed E-state index contributed by atoms with van der Waals surface area (Å²) in [6.45, 7) is 8.33. The number of carbonyl (C=O) groups is 1. The van der Waals surface area contributed by atoms with Crippen LogP contribution in [0.3, 0.4) is 0 Å². The van der Waals surface area contributed by atoms with Crippen molar-refractivity contribution in [2.24, 2.45) is 0 Å². The highest BCUT2D eigenvalue weighted by Gasteiger charge is 2.16. The largest absolute Gasteiger partial charge is 0.423 e. The number of fused-ring (bicyclic) bond motifs is 1. The van der Waals surface area contributed by atoms with E-state index >= 15 is 0 Å². The van der Waals surface area contributed by atoms with Crippen LogP contribution in [0.2, 0.25) is 0 Å². The smallest absolute Gasteiger partial charge is 0.344 e. The Hall–Kier alpha value is -2.68. The zero-order chi connectivity index (χ0) is 17.3. The van der Waals surface area contributed by atoms with Crippen LogP contribution < -0.4 is 4.74 Å². The Morgan fingerprint density at radius 3 is 2.33 bits per heavy atom. The van der Waals surface area contributed by atoms with Gasteiger partial charge in [-0.3, -0.25) is 4.98 Å². The van der Waals surface area contributed by atoms with Crippen LogP contribution in [-0.4, -0.2) is 11.0 Å². The lowest BCUT2D eigenvalue weighted by Gasteiger charge is -2.19. The molecule has 0 saturated heterocycles. The lowest BCUT2D eigenvalue weighted by molar-refractivity contribution is 0.0736. The summed E-state index contributed by atoms with van der Waals surface area (Å²) in [6, 6.07) is 17.1. The summed E-state index contributed by atoms with van der Waals surface area (Å²) in [6.07, 6.45) is 0. The Bertz CT molecular complexity index is 890. The van der Waals surface area contributed by atoms with Gasteiger partial charge in [0.05, 0.1) is 11.1 Å². The first-order chi connectivity index (χ1) is 11.3. The van der Waals surface area contributed by atoms with Gasteiger partial charge in [-0.1, -0.05) is 51.1 Å². The SMILES string of the molecule is Cc1cc(C(=O)Oc2ccc(C(C)(C)C)cc2)c2ccccc2n1. The molecule has 0 bridgehead atoms. The van der Waals surface area contributed by atoms with Crippen molar-refractivity contribution in [2.45, 2.75) is 33.1 Å². The van der Waals surface area contributed by atoms with E-state index in [1.165, 1.54) is 5.56 Å². The predicted molar refractivity (Wildman–Crippen MR) is 96.6 cm³/mol. The van der Waals surface area contributed by atoms with E-state index in [2.05, 4.69) is 25.8 Å². The van der Waals surface area contributed by atoms with E-state index in [0.717, 1.165) is 16.6 Å². The fourth-order valence-electron chi connectivity index (χ4n) is 2.66. The van der Waals surface area contributed by atoms with E-state index in [1.807, 2.05) is 55.5 Å². The quantitative estimate of drug-likeness (QED) is 0.489. The second-order valence-corrected chi connectivity index (χ2v) is 6.99. The molecule has 0 atom stereocenters. The van der Waals surface area contributed by atoms with Crippen LogP contribution in [-0.2, 0) is 5.41 Å². The van der Waals surface area contributed by atoms with Crippen LogP contribution in [0.1, 0.15) is 42.4 Å². The lowest BCUT2D eigenvalue weighted by atomic mass is 9.87. The van der Waals surface area contributed by atoms with E-state index in [-0.39, 0.29) is 11.4 Å². The first-order valence-electron chi connectivity index (χ1n) is 8.04. The molecule has 0 amide bonds. The highest BCUT2D eigenvalue weighted by molar-refractivity contribution is 6.04. The van der Waals surface area contributed by atoms with Gasteiger partial charge in [0.1, 0.15) is 5.75 Å². The third-order valence-electron chi connectivity index (χ3n) is 4.00. The molecule has 0 spiro atoms. The van der Waals surface area contributed by atoms with Crippen LogP contribution in [0.5, 0.6) is 5.75 Å². The molecule has 0 N–H and O–H groups in total. The number of esters is 1. The molecule has 1 aromatic heterocycles. The van der Waals surface area contributed by atoms with Crippen LogP contribution in [0.15, 0.2) is 54.6 Å². The fourth-order valence-corrected chi connectivity index (χ4v) is 2.66. The Kier molecular flexibility index (Phi) is 4.10. The number of benzene rings is 2. The number of pyridine rings is 1. The second kappa shape index (κ2) is 6.08. The molecule has 3 rings (SSSR count). The van der Waals surface area contributed by atoms with E-state index in [9.17, 15) is 4.79 Å². The summed E-state index contributed by atoms with van der Waals surface area (Å²) in [4.78, 5) is 17.1. The second-order valence-electron chi connectivity index (χ2n) is 6.99. The first kappa shape index (κ1) is 16.2. The normalized spacial score (nSPS) is 11.5. The molecule has 0 saturated carbocycles. The molecule has 24 heavy (non-hydrogen) atoms. The standard InChI is InChI=1S/C21H21NO2/c1-14-13-18(17-7-5-6-8-19(17)22-14)20(23)24-16-11-9-15(10-12-16)21(2,3)4/h5-13H,1-4H3. The van der Waals surface area contributed by atoms with Crippen LogP contribution in [0.25, 0.3) is 10.9 Å². The summed E-state index contributed by atoms with van der Waals surface area (Å²) >= 11 is 0. The number of hydrogen-bond acceptors (Lipinski definition) is 3. The van der Waals surface area contributed by atoms with Crippen molar-refractivity contribution in [3.05, 3.63) is 71.4 Å². The molecule has 0 aliphatic heterocycles. The minimum Gasteiger partial charge on any atom is -0.423 e. The van der Waals surface area contributed by atoms with E-state index < -0.39 is 0 Å². The van der Waals surface area contributed by atoms with Gasteiger partial charge in [0.25, 0.3) is 0 Å². The molecule has 0 aliphatic carbocycles. The number of para-hydroxylation sites is 1. The molecule has 1 heterocycles. The van der Waals surface area contributed by atoms with Gasteiger partial charge in [-0.05, 0) is 42.2 Å². The summed E-state index contributed by atoms with van der Waals surface area (Å²) in [5, 5.41) is 0.805. The van der Waals surface area contributed by atoms with Crippen molar-refractivity contribution in [2.75, 3.05) is 0 Å². The van der Waals surface area contributed by atoms with Gasteiger partial charge in [0.2, 0.25) is 0 Å². The van der Waals surface area contributed by atoms with Crippen molar-refractivity contribution >= 4 is 16.9 Å². The highest BCUT2D eigenvalue weighted by atomic mass is 16.5. The topological polar surface area (TPSA) is 39.2 Å². The number of aromatic nitrogens is 1.